The quantitative estimate of drug-likeness (QED) is 0.462. The van der Waals surface area contributed by atoms with Gasteiger partial charge in [-0.15, -0.1) is 0 Å². The molecule has 0 aromatic rings. The van der Waals surface area contributed by atoms with E-state index in [4.69, 9.17) is 0 Å². The van der Waals surface area contributed by atoms with E-state index in [0.717, 1.165) is 11.9 Å². The van der Waals surface area contributed by atoms with E-state index >= 15 is 0 Å². The first-order valence-electron chi connectivity index (χ1n) is 0.575. The van der Waals surface area contributed by atoms with Crippen LogP contribution in [0.3, 0.4) is 0 Å². The molecule has 0 saturated heterocycles. The average Bonchev–Trinajstić information content (AvgIpc) is 0.918. The van der Waals surface area contributed by atoms with E-state index in [9.17, 15) is 0 Å². The summed E-state index contributed by atoms with van der Waals surface area (Å²) >= 11 is 3.22. The molecule has 1 radical (unpaired) electrons. The van der Waals surface area contributed by atoms with Crippen molar-refractivity contribution in [1.82, 2.24) is 0 Å². The van der Waals surface area contributed by atoms with Crippen molar-refractivity contribution in [3.05, 3.63) is 0 Å². The van der Waals surface area contributed by atoms with Crippen molar-refractivity contribution in [2.24, 2.45) is 0 Å². The molecule has 0 atom stereocenters. The predicted octanol–water partition coefficient (Wildman–Crippen LogP) is -1.19. The minimum absolute atomic E-state index is 0. The van der Waals surface area contributed by atoms with Gasteiger partial charge in [-0.05, 0) is 0 Å². The first kappa shape index (κ1) is 9.35. The van der Waals surface area contributed by atoms with Crippen molar-refractivity contribution in [2.45, 2.75) is 0 Å². The molecule has 26 valence electrons. The Hall–Kier alpha value is 1.96. The Labute approximate surface area is 55.0 Å². The summed E-state index contributed by atoms with van der Waals surface area (Å²) in [5, 5.41) is 0. The van der Waals surface area contributed by atoms with Crippen LogP contribution in [0.4, 0.5) is 0 Å². The zero-order valence-electron chi connectivity index (χ0n) is 2.19. The molecule has 0 nitrogen and oxygen atoms in total. The van der Waals surface area contributed by atoms with E-state index in [0.29, 0.717) is 0 Å². The Morgan fingerprint density at radius 3 is 1.75 bits per heavy atom. The molecule has 0 amide bonds. The van der Waals surface area contributed by atoms with Gasteiger partial charge in [0.05, 0.1) is 0 Å². The molecule has 0 aliphatic rings. The number of hydrogen-bond acceptors (Lipinski definition) is 0. The Morgan fingerprint density at radius 2 is 1.75 bits per heavy atom. The van der Waals surface area contributed by atoms with Gasteiger partial charge in [0, 0.05) is 17.1 Å². The molecule has 4 heteroatoms. The fourth-order valence-corrected chi connectivity index (χ4v) is 0. The molecule has 0 aliphatic carbocycles. The summed E-state index contributed by atoms with van der Waals surface area (Å²) in [5.74, 6) is 0. The topological polar surface area (TPSA) is 0 Å². The van der Waals surface area contributed by atoms with Crippen LogP contribution in [0.1, 0.15) is 0 Å². The van der Waals surface area contributed by atoms with Gasteiger partial charge in [0.15, 0.2) is 0 Å². The van der Waals surface area contributed by atoms with Crippen LogP contribution in [-0.2, 0) is 46.6 Å². The van der Waals surface area contributed by atoms with Crippen molar-refractivity contribution in [2.75, 3.05) is 0 Å². The third-order valence-electron chi connectivity index (χ3n) is 0. The van der Waals surface area contributed by atoms with Crippen LogP contribution in [0, 0.1) is 0 Å². The maximum atomic E-state index is 2.19. The average molecular weight is 234 g/mol. The molecule has 0 spiro atoms. The summed E-state index contributed by atoms with van der Waals surface area (Å²) in [4.78, 5) is 0. The minimum atomic E-state index is 0. The van der Waals surface area contributed by atoms with Crippen molar-refractivity contribution >= 4 is 8.80 Å². The van der Waals surface area contributed by atoms with Crippen LogP contribution < -0.4 is 0 Å². The van der Waals surface area contributed by atoms with Crippen molar-refractivity contribution in [1.29, 1.82) is 0 Å². The molecule has 0 rings (SSSR count). The monoisotopic (exact) mass is 236 g/mol. The van der Waals surface area contributed by atoms with Crippen molar-refractivity contribution in [3.8, 4) is 0 Å². The molecule has 0 unspecified atom stereocenters. The normalized spacial score (nSPS) is 5.00. The second-order valence-electron chi connectivity index (χ2n) is 0.167. The van der Waals surface area contributed by atoms with Gasteiger partial charge in [0.2, 0.25) is 0 Å². The fourth-order valence-electron chi connectivity index (χ4n) is 0. The first-order chi connectivity index (χ1) is 1.41. The van der Waals surface area contributed by atoms with Gasteiger partial charge in [-0.1, -0.05) is 0 Å². The van der Waals surface area contributed by atoms with Crippen LogP contribution >= 0.6 is 0 Å². The Morgan fingerprint density at radius 1 is 1.75 bits per heavy atom. The Bertz CT molecular complexity index is 8.00. The van der Waals surface area contributed by atoms with Gasteiger partial charge in [0.25, 0.3) is 0 Å². The fraction of sp³-hybridized carbons (Fsp3) is 0. The first-order valence-corrected chi connectivity index (χ1v) is 9.12. The second-order valence-corrected chi connectivity index (χ2v) is 12.2. The standard InChI is InChI=1S/Cr.Mn.Mo.H3Si/h;;;1H3. The summed E-state index contributed by atoms with van der Waals surface area (Å²) in [7, 11) is 1.44. The molecule has 0 aliphatic heterocycles. The maximum absolute atomic E-state index is 2.19. The molecular weight excluding hydrogens is 231 g/mol. The van der Waals surface area contributed by atoms with Crippen molar-refractivity contribution < 1.29 is 46.6 Å². The summed E-state index contributed by atoms with van der Waals surface area (Å²) < 4.78 is 0. The third kappa shape index (κ3) is 9.03. The third-order valence-corrected chi connectivity index (χ3v) is 0. The second kappa shape index (κ2) is 8.88. The van der Waals surface area contributed by atoms with E-state index in [2.05, 4.69) is 17.7 Å². The molecule has 0 fully saturated rings. The molecule has 0 saturated carbocycles. The van der Waals surface area contributed by atoms with E-state index in [1.54, 1.807) is 0 Å². The van der Waals surface area contributed by atoms with Gasteiger partial charge >= 0.3 is 38.4 Å². The van der Waals surface area contributed by atoms with Gasteiger partial charge in [-0.2, -0.15) is 0 Å². The van der Waals surface area contributed by atoms with Crippen LogP contribution in [0.2, 0.25) is 0 Å². The van der Waals surface area contributed by atoms with Crippen LogP contribution in [0.15, 0.2) is 0 Å². The predicted molar refractivity (Wildman–Crippen MR) is 9.94 cm³/mol. The van der Waals surface area contributed by atoms with Gasteiger partial charge in [0.1, 0.15) is 0 Å². The number of hydrogen-bond donors (Lipinski definition) is 0. The SMILES string of the molecule is [Mn].[SiH3][Cr][Mo]. The molecule has 0 bridgehead atoms. The van der Waals surface area contributed by atoms with Gasteiger partial charge in [-0.3, -0.25) is 0 Å². The zero-order valence-corrected chi connectivity index (χ0v) is 8.66. The van der Waals surface area contributed by atoms with Crippen LogP contribution in [0.5, 0.6) is 0 Å². The summed E-state index contributed by atoms with van der Waals surface area (Å²) in [6.07, 6.45) is 0. The summed E-state index contributed by atoms with van der Waals surface area (Å²) in [6.45, 7) is 0. The Balaban J connectivity index is 0. The van der Waals surface area contributed by atoms with Crippen LogP contribution in [-0.4, -0.2) is 8.80 Å². The molecule has 0 heterocycles. The molecule has 0 aromatic carbocycles. The molecular formula is H3CrMnMoSi. The Kier molecular flexibility index (Phi) is 20.7. The van der Waals surface area contributed by atoms with Gasteiger partial charge < -0.3 is 0 Å². The van der Waals surface area contributed by atoms with Crippen molar-refractivity contribution in [3.63, 3.8) is 0 Å². The molecule has 4 heavy (non-hydrogen) atoms. The molecule has 0 aromatic heterocycles. The van der Waals surface area contributed by atoms with Crippen LogP contribution in [0.25, 0.3) is 0 Å². The van der Waals surface area contributed by atoms with Gasteiger partial charge in [-0.25, -0.2) is 0 Å². The number of rotatable bonds is 0. The zero-order chi connectivity index (χ0) is 2.71. The molecule has 0 N–H and O–H groups in total. The van der Waals surface area contributed by atoms with E-state index in [1.807, 2.05) is 0 Å². The van der Waals surface area contributed by atoms with E-state index in [1.165, 1.54) is 8.80 Å². The summed E-state index contributed by atoms with van der Waals surface area (Å²) in [6, 6.07) is 0. The van der Waals surface area contributed by atoms with E-state index < -0.39 is 0 Å². The summed E-state index contributed by atoms with van der Waals surface area (Å²) in [5.41, 5.74) is 0. The van der Waals surface area contributed by atoms with E-state index in [-0.39, 0.29) is 17.1 Å².